The van der Waals surface area contributed by atoms with E-state index in [1.54, 1.807) is 0 Å². The van der Waals surface area contributed by atoms with Crippen LogP contribution >= 0.6 is 0 Å². The summed E-state index contributed by atoms with van der Waals surface area (Å²) in [6.07, 6.45) is 4.20. The lowest BCUT2D eigenvalue weighted by Gasteiger charge is -2.28. The number of nitrogens with one attached hydrogen (secondary N) is 2. The third-order valence-corrected chi connectivity index (χ3v) is 5.88. The molecule has 172 valence electrons. The van der Waals surface area contributed by atoms with Gasteiger partial charge < -0.3 is 24.8 Å². The standard InChI is InChI=1S/C29H30N4O/c1-32(2)18-22-8-12-25(13-9-22)33-19-28-27(16-17-30-28)29(20-33)31-24-10-14-26(15-11-24)34-21-23-6-4-3-5-7-23/h3-17,20,30-31H,18-19,21H2,1-2H3. The molecule has 0 amide bonds. The maximum Gasteiger partial charge on any atom is 0.119 e. The normalized spacial score (nSPS) is 12.9. The smallest absolute Gasteiger partial charge is 0.119 e. The van der Waals surface area contributed by atoms with Crippen LogP contribution in [0.3, 0.4) is 0 Å². The van der Waals surface area contributed by atoms with E-state index in [4.69, 9.17) is 4.74 Å². The third-order valence-electron chi connectivity index (χ3n) is 5.88. The number of nitrogens with zero attached hydrogens (tertiary/aromatic N) is 2. The fourth-order valence-corrected chi connectivity index (χ4v) is 4.18. The van der Waals surface area contributed by atoms with Crippen molar-refractivity contribution in [2.75, 3.05) is 24.3 Å². The Kier molecular flexibility index (Phi) is 6.36. The molecule has 34 heavy (non-hydrogen) atoms. The molecule has 0 atom stereocenters. The van der Waals surface area contributed by atoms with Gasteiger partial charge in [0.2, 0.25) is 0 Å². The zero-order valence-electron chi connectivity index (χ0n) is 19.7. The minimum absolute atomic E-state index is 0.563. The summed E-state index contributed by atoms with van der Waals surface area (Å²) in [4.78, 5) is 7.86. The minimum Gasteiger partial charge on any atom is -0.489 e. The number of hydrogen-bond acceptors (Lipinski definition) is 4. The number of anilines is 2. The lowest BCUT2D eigenvalue weighted by atomic mass is 10.1. The molecule has 1 aromatic heterocycles. The number of benzene rings is 3. The SMILES string of the molecule is CN(C)Cc1ccc(N2C=C(Nc3ccc(OCc4ccccc4)cc3)c3cc[nH]c3C2)cc1. The van der Waals surface area contributed by atoms with Crippen LogP contribution in [0, 0.1) is 0 Å². The highest BCUT2D eigenvalue weighted by Crippen LogP contribution is 2.31. The van der Waals surface area contributed by atoms with Gasteiger partial charge in [-0.25, -0.2) is 0 Å². The van der Waals surface area contributed by atoms with Crippen molar-refractivity contribution in [1.29, 1.82) is 0 Å². The largest absolute Gasteiger partial charge is 0.489 e. The van der Waals surface area contributed by atoms with Crippen molar-refractivity contribution >= 4 is 17.1 Å². The molecule has 0 saturated carbocycles. The Labute approximate surface area is 201 Å². The molecule has 1 aliphatic rings. The number of ether oxygens (including phenoxy) is 1. The van der Waals surface area contributed by atoms with Gasteiger partial charge in [-0.2, -0.15) is 0 Å². The summed E-state index contributed by atoms with van der Waals surface area (Å²) in [5.41, 5.74) is 8.13. The summed E-state index contributed by atoms with van der Waals surface area (Å²) in [7, 11) is 4.18. The topological polar surface area (TPSA) is 43.5 Å². The van der Waals surface area contributed by atoms with Crippen molar-refractivity contribution in [1.82, 2.24) is 9.88 Å². The first-order chi connectivity index (χ1) is 16.6. The van der Waals surface area contributed by atoms with E-state index in [1.807, 2.05) is 36.5 Å². The highest BCUT2D eigenvalue weighted by molar-refractivity contribution is 5.81. The molecule has 3 aromatic carbocycles. The van der Waals surface area contributed by atoms with Gasteiger partial charge in [0, 0.05) is 41.6 Å². The Balaban J connectivity index is 1.30. The van der Waals surface area contributed by atoms with Crippen LogP contribution in [0.2, 0.25) is 0 Å². The Morgan fingerprint density at radius 3 is 2.38 bits per heavy atom. The average Bonchev–Trinajstić information content (AvgIpc) is 3.34. The van der Waals surface area contributed by atoms with Crippen LogP contribution in [0.5, 0.6) is 5.75 Å². The lowest BCUT2D eigenvalue weighted by Crippen LogP contribution is -2.23. The van der Waals surface area contributed by atoms with E-state index in [0.29, 0.717) is 6.61 Å². The quantitative estimate of drug-likeness (QED) is 0.341. The summed E-state index contributed by atoms with van der Waals surface area (Å²) in [6, 6.07) is 29.3. The number of H-pyrrole nitrogens is 1. The van der Waals surface area contributed by atoms with Crippen LogP contribution in [0.25, 0.3) is 5.70 Å². The second kappa shape index (κ2) is 9.89. The summed E-state index contributed by atoms with van der Waals surface area (Å²) in [5.74, 6) is 0.855. The maximum atomic E-state index is 5.93. The van der Waals surface area contributed by atoms with Gasteiger partial charge in [-0.1, -0.05) is 42.5 Å². The molecule has 4 aromatic rings. The first kappa shape index (κ1) is 21.9. The molecule has 5 rings (SSSR count). The van der Waals surface area contributed by atoms with E-state index in [9.17, 15) is 0 Å². The Morgan fingerprint density at radius 2 is 1.65 bits per heavy atom. The molecule has 2 heterocycles. The van der Waals surface area contributed by atoms with Crippen LogP contribution in [0.1, 0.15) is 22.4 Å². The molecule has 1 aliphatic heterocycles. The number of rotatable bonds is 8. The van der Waals surface area contributed by atoms with Crippen molar-refractivity contribution in [3.8, 4) is 5.75 Å². The number of aromatic nitrogens is 1. The predicted octanol–water partition coefficient (Wildman–Crippen LogP) is 6.09. The number of aromatic amines is 1. The fraction of sp³-hybridized carbons (Fsp3) is 0.172. The van der Waals surface area contributed by atoms with Gasteiger partial charge >= 0.3 is 0 Å². The Hall–Kier alpha value is -3.96. The van der Waals surface area contributed by atoms with Gasteiger partial charge in [-0.05, 0) is 67.7 Å². The molecule has 5 heteroatoms. The van der Waals surface area contributed by atoms with Gasteiger partial charge in [-0.15, -0.1) is 0 Å². The van der Waals surface area contributed by atoms with Crippen molar-refractivity contribution in [3.63, 3.8) is 0 Å². The molecule has 2 N–H and O–H groups in total. The molecular weight excluding hydrogens is 420 g/mol. The van der Waals surface area contributed by atoms with Crippen molar-refractivity contribution in [2.24, 2.45) is 0 Å². The highest BCUT2D eigenvalue weighted by atomic mass is 16.5. The van der Waals surface area contributed by atoms with Gasteiger partial charge in [0.25, 0.3) is 0 Å². The van der Waals surface area contributed by atoms with E-state index in [2.05, 4.69) is 95.0 Å². The number of fused-ring (bicyclic) bond motifs is 1. The minimum atomic E-state index is 0.563. The Morgan fingerprint density at radius 1 is 0.882 bits per heavy atom. The zero-order chi connectivity index (χ0) is 23.3. The molecule has 0 radical (unpaired) electrons. The summed E-state index contributed by atoms with van der Waals surface area (Å²) in [6.45, 7) is 2.31. The van der Waals surface area contributed by atoms with E-state index in [1.165, 1.54) is 22.5 Å². The molecule has 0 fully saturated rings. The molecule has 0 aliphatic carbocycles. The molecular formula is C29H30N4O. The van der Waals surface area contributed by atoms with Crippen molar-refractivity contribution in [2.45, 2.75) is 19.7 Å². The Bertz CT molecular complexity index is 1240. The molecule has 5 nitrogen and oxygen atoms in total. The monoisotopic (exact) mass is 450 g/mol. The van der Waals surface area contributed by atoms with E-state index < -0.39 is 0 Å². The first-order valence-corrected chi connectivity index (χ1v) is 11.6. The fourth-order valence-electron chi connectivity index (χ4n) is 4.18. The summed E-state index contributed by atoms with van der Waals surface area (Å²) < 4.78 is 5.93. The van der Waals surface area contributed by atoms with E-state index >= 15 is 0 Å². The van der Waals surface area contributed by atoms with Crippen LogP contribution in [-0.4, -0.2) is 24.0 Å². The third kappa shape index (κ3) is 5.16. The number of hydrogen-bond donors (Lipinski definition) is 2. The molecule has 0 spiro atoms. The molecule has 0 unspecified atom stereocenters. The van der Waals surface area contributed by atoms with Crippen molar-refractivity contribution < 1.29 is 4.74 Å². The second-order valence-corrected chi connectivity index (χ2v) is 8.87. The highest BCUT2D eigenvalue weighted by Gasteiger charge is 2.19. The van der Waals surface area contributed by atoms with E-state index in [-0.39, 0.29) is 0 Å². The van der Waals surface area contributed by atoms with Crippen LogP contribution in [-0.2, 0) is 19.7 Å². The lowest BCUT2D eigenvalue weighted by molar-refractivity contribution is 0.306. The molecule has 0 saturated heterocycles. The second-order valence-electron chi connectivity index (χ2n) is 8.87. The maximum absolute atomic E-state index is 5.93. The van der Waals surface area contributed by atoms with Crippen LogP contribution in [0.4, 0.5) is 11.4 Å². The molecule has 0 bridgehead atoms. The van der Waals surface area contributed by atoms with Gasteiger partial charge in [0.05, 0.1) is 12.2 Å². The van der Waals surface area contributed by atoms with Gasteiger partial charge in [0.15, 0.2) is 0 Å². The van der Waals surface area contributed by atoms with E-state index in [0.717, 1.165) is 35.8 Å². The van der Waals surface area contributed by atoms with Gasteiger partial charge in [0.1, 0.15) is 12.4 Å². The summed E-state index contributed by atoms with van der Waals surface area (Å²) in [5, 5.41) is 3.60. The summed E-state index contributed by atoms with van der Waals surface area (Å²) >= 11 is 0. The van der Waals surface area contributed by atoms with Crippen LogP contribution in [0.15, 0.2) is 97.3 Å². The van der Waals surface area contributed by atoms with Crippen LogP contribution < -0.4 is 15.0 Å². The predicted molar refractivity (Wildman–Crippen MR) is 140 cm³/mol. The van der Waals surface area contributed by atoms with Gasteiger partial charge in [-0.3, -0.25) is 0 Å². The van der Waals surface area contributed by atoms with Crippen molar-refractivity contribution in [3.05, 3.63) is 120 Å². The first-order valence-electron chi connectivity index (χ1n) is 11.6. The zero-order valence-corrected chi connectivity index (χ0v) is 19.7. The average molecular weight is 451 g/mol.